The number of aryl methyl sites for hydroxylation is 1. The molecule has 0 fully saturated rings. The summed E-state index contributed by atoms with van der Waals surface area (Å²) in [7, 11) is 1.32. The number of ether oxygens (including phenoxy) is 1. The fourth-order valence-corrected chi connectivity index (χ4v) is 2.76. The van der Waals surface area contributed by atoms with Gasteiger partial charge in [0.25, 0.3) is 0 Å². The molecule has 2 rings (SSSR count). The Bertz CT molecular complexity index is 686. The zero-order valence-corrected chi connectivity index (χ0v) is 12.8. The van der Waals surface area contributed by atoms with E-state index in [1.165, 1.54) is 7.11 Å². The highest BCUT2D eigenvalue weighted by Crippen LogP contribution is 2.26. The number of fused-ring (bicyclic) bond motifs is 1. The van der Waals surface area contributed by atoms with Gasteiger partial charge in [-0.25, -0.2) is 4.98 Å². The summed E-state index contributed by atoms with van der Waals surface area (Å²) in [4.78, 5) is 26.4. The summed E-state index contributed by atoms with van der Waals surface area (Å²) >= 11 is 7.09. The van der Waals surface area contributed by atoms with Crippen LogP contribution in [0.5, 0.6) is 0 Å². The lowest BCUT2D eigenvalue weighted by molar-refractivity contribution is -0.141. The molecule has 0 unspecified atom stereocenters. The van der Waals surface area contributed by atoms with Gasteiger partial charge in [-0.1, -0.05) is 23.4 Å². The van der Waals surface area contributed by atoms with Crippen LogP contribution in [-0.4, -0.2) is 39.5 Å². The van der Waals surface area contributed by atoms with E-state index in [1.807, 2.05) is 0 Å². The molecule has 1 aromatic carbocycles. The molecule has 1 heterocycles. The molecular weight excluding hydrogens is 316 g/mol. The van der Waals surface area contributed by atoms with E-state index in [0.29, 0.717) is 22.2 Å². The van der Waals surface area contributed by atoms with E-state index in [2.05, 4.69) is 9.72 Å². The Morgan fingerprint density at radius 1 is 1.48 bits per heavy atom. The van der Waals surface area contributed by atoms with Crippen molar-refractivity contribution in [3.8, 4) is 0 Å². The van der Waals surface area contributed by atoms with Crippen LogP contribution in [0.1, 0.15) is 6.42 Å². The number of methoxy groups -OCH3 is 1. The second-order valence-corrected chi connectivity index (χ2v) is 5.57. The first-order valence-corrected chi connectivity index (χ1v) is 7.45. The van der Waals surface area contributed by atoms with Gasteiger partial charge in [0.15, 0.2) is 5.16 Å². The highest BCUT2D eigenvalue weighted by molar-refractivity contribution is 7.99. The first-order chi connectivity index (χ1) is 10.0. The zero-order valence-electron chi connectivity index (χ0n) is 11.2. The summed E-state index contributed by atoms with van der Waals surface area (Å²) in [5, 5.41) is 9.88. The molecule has 21 heavy (non-hydrogen) atoms. The Labute approximate surface area is 130 Å². The van der Waals surface area contributed by atoms with Crippen LogP contribution in [0.15, 0.2) is 23.4 Å². The lowest BCUT2D eigenvalue weighted by atomic mass is 10.3. The van der Waals surface area contributed by atoms with Crippen molar-refractivity contribution in [1.82, 2.24) is 9.55 Å². The molecule has 0 amide bonds. The van der Waals surface area contributed by atoms with Crippen LogP contribution in [0.2, 0.25) is 5.02 Å². The van der Waals surface area contributed by atoms with Crippen LogP contribution < -0.4 is 0 Å². The Kier molecular flexibility index (Phi) is 5.08. The van der Waals surface area contributed by atoms with E-state index in [4.69, 9.17) is 16.7 Å². The number of halogens is 1. The summed E-state index contributed by atoms with van der Waals surface area (Å²) in [5.74, 6) is -1.37. The average Bonchev–Trinajstić information content (AvgIpc) is 2.79. The van der Waals surface area contributed by atoms with Crippen LogP contribution in [-0.2, 0) is 20.9 Å². The second-order valence-electron chi connectivity index (χ2n) is 4.19. The van der Waals surface area contributed by atoms with Crippen LogP contribution in [0, 0.1) is 0 Å². The number of nitrogens with zero attached hydrogens (tertiary/aromatic N) is 2. The van der Waals surface area contributed by atoms with Gasteiger partial charge in [-0.3, -0.25) is 9.59 Å². The normalized spacial score (nSPS) is 10.8. The quantitative estimate of drug-likeness (QED) is 0.648. The third-order valence-corrected chi connectivity index (χ3v) is 3.96. The van der Waals surface area contributed by atoms with Gasteiger partial charge in [0.1, 0.15) is 0 Å². The molecule has 0 saturated carbocycles. The Hall–Kier alpha value is -1.73. The number of esters is 1. The highest BCUT2D eigenvalue weighted by atomic mass is 35.5. The van der Waals surface area contributed by atoms with E-state index >= 15 is 0 Å². The van der Waals surface area contributed by atoms with E-state index in [-0.39, 0.29) is 18.1 Å². The van der Waals surface area contributed by atoms with Crippen LogP contribution in [0.4, 0.5) is 0 Å². The first-order valence-electron chi connectivity index (χ1n) is 6.08. The molecule has 0 bridgehead atoms. The van der Waals surface area contributed by atoms with Gasteiger partial charge in [-0.2, -0.15) is 0 Å². The SMILES string of the molecule is COC(=O)CCn1c(SCC(=O)O)nc2ccc(Cl)cc21. The molecule has 0 aliphatic carbocycles. The second kappa shape index (κ2) is 6.82. The molecule has 0 spiro atoms. The molecule has 2 aromatic rings. The number of benzene rings is 1. The van der Waals surface area contributed by atoms with Gasteiger partial charge in [-0.05, 0) is 18.2 Å². The third-order valence-electron chi connectivity index (χ3n) is 2.77. The van der Waals surface area contributed by atoms with Gasteiger partial charge in [0, 0.05) is 11.6 Å². The smallest absolute Gasteiger partial charge is 0.313 e. The van der Waals surface area contributed by atoms with Crippen molar-refractivity contribution in [2.24, 2.45) is 0 Å². The molecule has 6 nitrogen and oxygen atoms in total. The first kappa shape index (κ1) is 15.7. The van der Waals surface area contributed by atoms with Crippen molar-refractivity contribution in [2.75, 3.05) is 12.9 Å². The largest absolute Gasteiger partial charge is 0.481 e. The van der Waals surface area contributed by atoms with Gasteiger partial charge in [0.05, 0.1) is 30.3 Å². The Morgan fingerprint density at radius 2 is 2.24 bits per heavy atom. The van der Waals surface area contributed by atoms with Gasteiger partial charge in [-0.15, -0.1) is 0 Å². The molecule has 1 aromatic heterocycles. The maximum atomic E-state index is 11.3. The number of carbonyl (C=O) groups excluding carboxylic acids is 1. The molecule has 0 saturated heterocycles. The van der Waals surface area contributed by atoms with Crippen molar-refractivity contribution in [2.45, 2.75) is 18.1 Å². The van der Waals surface area contributed by atoms with Crippen LogP contribution in [0.3, 0.4) is 0 Å². The number of hydrogen-bond donors (Lipinski definition) is 1. The molecular formula is C13H13ClN2O4S. The van der Waals surface area contributed by atoms with E-state index in [9.17, 15) is 9.59 Å². The number of imidazole rings is 1. The predicted molar refractivity (Wildman–Crippen MR) is 79.7 cm³/mol. The lowest BCUT2D eigenvalue weighted by Crippen LogP contribution is -2.08. The van der Waals surface area contributed by atoms with E-state index in [0.717, 1.165) is 17.3 Å². The average molecular weight is 329 g/mol. The van der Waals surface area contributed by atoms with E-state index < -0.39 is 5.97 Å². The topological polar surface area (TPSA) is 81.4 Å². The molecule has 0 aliphatic heterocycles. The number of hydrogen-bond acceptors (Lipinski definition) is 5. The number of thioether (sulfide) groups is 1. The molecule has 1 N–H and O–H groups in total. The summed E-state index contributed by atoms with van der Waals surface area (Å²) in [6, 6.07) is 5.22. The van der Waals surface area contributed by atoms with Crippen LogP contribution >= 0.6 is 23.4 Å². The van der Waals surface area contributed by atoms with Gasteiger partial charge < -0.3 is 14.4 Å². The maximum Gasteiger partial charge on any atom is 0.313 e. The van der Waals surface area contributed by atoms with Gasteiger partial charge in [0.2, 0.25) is 0 Å². The van der Waals surface area contributed by atoms with Crippen molar-refractivity contribution < 1.29 is 19.4 Å². The zero-order chi connectivity index (χ0) is 15.4. The summed E-state index contributed by atoms with van der Waals surface area (Å²) < 4.78 is 6.41. The maximum absolute atomic E-state index is 11.3. The van der Waals surface area contributed by atoms with Crippen molar-refractivity contribution in [3.05, 3.63) is 23.2 Å². The van der Waals surface area contributed by atoms with Crippen molar-refractivity contribution in [3.63, 3.8) is 0 Å². The van der Waals surface area contributed by atoms with Crippen molar-refractivity contribution >= 4 is 46.3 Å². The predicted octanol–water partition coefficient (Wildman–Crippen LogP) is 2.43. The number of carboxylic acid groups (broad SMARTS) is 1. The third kappa shape index (κ3) is 3.89. The minimum Gasteiger partial charge on any atom is -0.481 e. The molecule has 0 atom stereocenters. The summed E-state index contributed by atoms with van der Waals surface area (Å²) in [6.45, 7) is 0.353. The number of rotatable bonds is 6. The van der Waals surface area contributed by atoms with Gasteiger partial charge >= 0.3 is 11.9 Å². The fourth-order valence-electron chi connectivity index (χ4n) is 1.83. The van der Waals surface area contributed by atoms with E-state index in [1.54, 1.807) is 22.8 Å². The molecule has 8 heteroatoms. The number of aliphatic carboxylic acids is 1. The minimum atomic E-state index is -0.926. The number of aromatic nitrogens is 2. The van der Waals surface area contributed by atoms with Crippen molar-refractivity contribution in [1.29, 1.82) is 0 Å². The summed E-state index contributed by atoms with van der Waals surface area (Å²) in [6.07, 6.45) is 0.176. The monoisotopic (exact) mass is 328 g/mol. The number of carboxylic acids is 1. The Morgan fingerprint density at radius 3 is 2.90 bits per heavy atom. The minimum absolute atomic E-state index is 0.102. The lowest BCUT2D eigenvalue weighted by Gasteiger charge is -2.07. The molecule has 0 aliphatic rings. The Balaban J connectivity index is 2.35. The molecule has 0 radical (unpaired) electrons. The molecule has 112 valence electrons. The summed E-state index contributed by atoms with van der Waals surface area (Å²) in [5.41, 5.74) is 1.47. The number of carbonyl (C=O) groups is 2. The standard InChI is InChI=1S/C13H13ClN2O4S/c1-20-12(19)4-5-16-10-6-8(14)2-3-9(10)15-13(16)21-7-11(17)18/h2-3,6H,4-5,7H2,1H3,(H,17,18). The highest BCUT2D eigenvalue weighted by Gasteiger charge is 2.14. The van der Waals surface area contributed by atoms with Crippen LogP contribution in [0.25, 0.3) is 11.0 Å². The fraction of sp³-hybridized carbons (Fsp3) is 0.308.